The maximum atomic E-state index is 5.84. The number of rotatable bonds is 4. The van der Waals surface area contributed by atoms with Crippen LogP contribution in [-0.4, -0.2) is 19.2 Å². The van der Waals surface area contributed by atoms with Crippen molar-refractivity contribution in [3.63, 3.8) is 0 Å². The van der Waals surface area contributed by atoms with Crippen molar-refractivity contribution < 1.29 is 9.47 Å². The molecule has 1 aromatic carbocycles. The Morgan fingerprint density at radius 1 is 1.11 bits per heavy atom. The number of nitrogens with two attached hydrogens (primary N) is 1. The van der Waals surface area contributed by atoms with E-state index >= 15 is 0 Å². The van der Waals surface area contributed by atoms with E-state index in [1.165, 1.54) is 0 Å². The maximum absolute atomic E-state index is 5.84. The smallest absolute Gasteiger partial charge is 0.126 e. The lowest BCUT2D eigenvalue weighted by atomic mass is 10.1. The van der Waals surface area contributed by atoms with Crippen LogP contribution in [-0.2, 0) is 6.42 Å². The van der Waals surface area contributed by atoms with Gasteiger partial charge < -0.3 is 15.2 Å². The van der Waals surface area contributed by atoms with Gasteiger partial charge in [-0.1, -0.05) is 6.07 Å². The maximum Gasteiger partial charge on any atom is 0.126 e. The van der Waals surface area contributed by atoms with Crippen LogP contribution in [0.15, 0.2) is 36.5 Å². The first kappa shape index (κ1) is 12.2. The van der Waals surface area contributed by atoms with E-state index in [-0.39, 0.29) is 0 Å². The molecule has 2 aromatic rings. The average molecular weight is 244 g/mol. The fourth-order valence-corrected chi connectivity index (χ4v) is 1.79. The highest BCUT2D eigenvalue weighted by atomic mass is 16.5. The van der Waals surface area contributed by atoms with E-state index in [4.69, 9.17) is 15.2 Å². The molecule has 0 spiro atoms. The summed E-state index contributed by atoms with van der Waals surface area (Å²) in [5, 5.41) is 0. The van der Waals surface area contributed by atoms with Crippen molar-refractivity contribution in [2.75, 3.05) is 20.0 Å². The molecule has 0 aliphatic carbocycles. The van der Waals surface area contributed by atoms with Gasteiger partial charge in [0.2, 0.25) is 0 Å². The largest absolute Gasteiger partial charge is 0.497 e. The van der Waals surface area contributed by atoms with Crippen LogP contribution < -0.4 is 15.2 Å². The van der Waals surface area contributed by atoms with Gasteiger partial charge in [-0.25, -0.2) is 4.98 Å². The Morgan fingerprint density at radius 2 is 1.78 bits per heavy atom. The SMILES string of the molecule is COc1cc(Cc2cccnc2N)cc(OC)c1. The first-order chi connectivity index (χ1) is 8.72. The van der Waals surface area contributed by atoms with E-state index in [1.54, 1.807) is 20.4 Å². The monoisotopic (exact) mass is 244 g/mol. The predicted octanol–water partition coefficient (Wildman–Crippen LogP) is 2.27. The van der Waals surface area contributed by atoms with Gasteiger partial charge in [-0.15, -0.1) is 0 Å². The van der Waals surface area contributed by atoms with Crippen molar-refractivity contribution in [1.82, 2.24) is 4.98 Å². The normalized spacial score (nSPS) is 10.1. The summed E-state index contributed by atoms with van der Waals surface area (Å²) in [5.41, 5.74) is 7.90. The Balaban J connectivity index is 2.31. The second-order valence-electron chi connectivity index (χ2n) is 3.95. The fraction of sp³-hybridized carbons (Fsp3) is 0.214. The molecule has 0 unspecified atom stereocenters. The molecule has 0 saturated heterocycles. The lowest BCUT2D eigenvalue weighted by molar-refractivity contribution is 0.393. The molecule has 4 nitrogen and oxygen atoms in total. The van der Waals surface area contributed by atoms with Crippen LogP contribution in [0.1, 0.15) is 11.1 Å². The Labute approximate surface area is 106 Å². The van der Waals surface area contributed by atoms with Crippen molar-refractivity contribution in [2.24, 2.45) is 0 Å². The number of hydrogen-bond acceptors (Lipinski definition) is 4. The van der Waals surface area contributed by atoms with Gasteiger partial charge in [0, 0.05) is 18.7 Å². The second-order valence-corrected chi connectivity index (χ2v) is 3.95. The first-order valence-corrected chi connectivity index (χ1v) is 5.64. The van der Waals surface area contributed by atoms with Crippen LogP contribution >= 0.6 is 0 Å². The number of hydrogen-bond donors (Lipinski definition) is 1. The summed E-state index contributed by atoms with van der Waals surface area (Å²) in [5.74, 6) is 2.10. The molecule has 0 saturated carbocycles. The minimum Gasteiger partial charge on any atom is -0.497 e. The van der Waals surface area contributed by atoms with Crippen molar-refractivity contribution in [1.29, 1.82) is 0 Å². The van der Waals surface area contributed by atoms with Crippen LogP contribution in [0, 0.1) is 0 Å². The Bertz CT molecular complexity index is 519. The molecule has 0 atom stereocenters. The van der Waals surface area contributed by atoms with E-state index in [1.807, 2.05) is 30.3 Å². The Kier molecular flexibility index (Phi) is 3.67. The summed E-state index contributed by atoms with van der Waals surface area (Å²) in [4.78, 5) is 4.08. The number of nitrogens with zero attached hydrogens (tertiary/aromatic N) is 1. The lowest BCUT2D eigenvalue weighted by Crippen LogP contribution is -1.99. The van der Waals surface area contributed by atoms with Gasteiger partial charge in [0.05, 0.1) is 14.2 Å². The summed E-state index contributed by atoms with van der Waals surface area (Å²) in [6.07, 6.45) is 2.39. The number of pyridine rings is 1. The molecule has 1 aromatic heterocycles. The van der Waals surface area contributed by atoms with E-state index in [0.29, 0.717) is 12.2 Å². The van der Waals surface area contributed by atoms with Gasteiger partial charge in [0.15, 0.2) is 0 Å². The molecular weight excluding hydrogens is 228 g/mol. The van der Waals surface area contributed by atoms with E-state index < -0.39 is 0 Å². The van der Waals surface area contributed by atoms with Crippen LogP contribution in [0.3, 0.4) is 0 Å². The minimum absolute atomic E-state index is 0.555. The topological polar surface area (TPSA) is 57.4 Å². The highest BCUT2D eigenvalue weighted by Gasteiger charge is 2.05. The third-order valence-corrected chi connectivity index (χ3v) is 2.73. The van der Waals surface area contributed by atoms with Gasteiger partial charge >= 0.3 is 0 Å². The summed E-state index contributed by atoms with van der Waals surface area (Å²) in [6.45, 7) is 0. The summed E-state index contributed by atoms with van der Waals surface area (Å²) < 4.78 is 10.5. The quantitative estimate of drug-likeness (QED) is 0.896. The number of benzene rings is 1. The highest BCUT2D eigenvalue weighted by Crippen LogP contribution is 2.25. The molecular formula is C14H16N2O2. The molecule has 1 heterocycles. The number of ether oxygens (including phenoxy) is 2. The zero-order chi connectivity index (χ0) is 13.0. The fourth-order valence-electron chi connectivity index (χ4n) is 1.79. The molecule has 2 rings (SSSR count). The second kappa shape index (κ2) is 5.40. The van der Waals surface area contributed by atoms with Crippen molar-refractivity contribution in [3.8, 4) is 11.5 Å². The van der Waals surface area contributed by atoms with Crippen molar-refractivity contribution >= 4 is 5.82 Å². The van der Waals surface area contributed by atoms with Crippen LogP contribution in [0.2, 0.25) is 0 Å². The van der Waals surface area contributed by atoms with Gasteiger partial charge in [-0.3, -0.25) is 0 Å². The zero-order valence-corrected chi connectivity index (χ0v) is 10.5. The Morgan fingerprint density at radius 3 is 2.33 bits per heavy atom. The third-order valence-electron chi connectivity index (χ3n) is 2.73. The van der Waals surface area contributed by atoms with Crippen LogP contribution in [0.4, 0.5) is 5.82 Å². The number of aromatic nitrogens is 1. The summed E-state index contributed by atoms with van der Waals surface area (Å²) in [7, 11) is 3.27. The molecule has 0 radical (unpaired) electrons. The molecule has 94 valence electrons. The summed E-state index contributed by atoms with van der Waals surface area (Å²) >= 11 is 0. The molecule has 0 aliphatic heterocycles. The summed E-state index contributed by atoms with van der Waals surface area (Å²) in [6, 6.07) is 9.62. The van der Waals surface area contributed by atoms with Gasteiger partial charge in [-0.2, -0.15) is 0 Å². The third kappa shape index (κ3) is 2.71. The number of anilines is 1. The van der Waals surface area contributed by atoms with E-state index in [9.17, 15) is 0 Å². The molecule has 4 heteroatoms. The zero-order valence-electron chi connectivity index (χ0n) is 10.5. The van der Waals surface area contributed by atoms with E-state index in [0.717, 1.165) is 22.6 Å². The Hall–Kier alpha value is -2.23. The molecule has 0 amide bonds. The van der Waals surface area contributed by atoms with Crippen molar-refractivity contribution in [3.05, 3.63) is 47.7 Å². The van der Waals surface area contributed by atoms with Gasteiger partial charge in [0.25, 0.3) is 0 Å². The predicted molar refractivity (Wildman–Crippen MR) is 71.0 cm³/mol. The molecule has 0 bridgehead atoms. The molecule has 2 N–H and O–H groups in total. The van der Waals surface area contributed by atoms with Crippen LogP contribution in [0.5, 0.6) is 11.5 Å². The first-order valence-electron chi connectivity index (χ1n) is 5.64. The van der Waals surface area contributed by atoms with Gasteiger partial charge in [-0.05, 0) is 29.3 Å². The molecule has 0 fully saturated rings. The standard InChI is InChI=1S/C14H16N2O2/c1-17-12-7-10(8-13(9-12)18-2)6-11-4-3-5-16-14(11)15/h3-5,7-9H,6H2,1-2H3,(H2,15,16). The lowest BCUT2D eigenvalue weighted by Gasteiger charge is -2.09. The van der Waals surface area contributed by atoms with Gasteiger partial charge in [0.1, 0.15) is 17.3 Å². The average Bonchev–Trinajstić information content (AvgIpc) is 2.41. The minimum atomic E-state index is 0.555. The molecule has 0 aliphatic rings. The van der Waals surface area contributed by atoms with Crippen LogP contribution in [0.25, 0.3) is 0 Å². The molecule has 18 heavy (non-hydrogen) atoms. The number of nitrogen functional groups attached to an aromatic ring is 1. The highest BCUT2D eigenvalue weighted by molar-refractivity contribution is 5.45. The van der Waals surface area contributed by atoms with E-state index in [2.05, 4.69) is 4.98 Å². The van der Waals surface area contributed by atoms with Crippen molar-refractivity contribution in [2.45, 2.75) is 6.42 Å². The number of methoxy groups -OCH3 is 2.